The second-order valence-corrected chi connectivity index (χ2v) is 14.5. The molecule has 0 saturated heterocycles. The Hall–Kier alpha value is -7.74. The summed E-state index contributed by atoms with van der Waals surface area (Å²) in [7, 11) is 0. The minimum atomic E-state index is -0.531. The van der Waals surface area contributed by atoms with Gasteiger partial charge in [-0.2, -0.15) is 0 Å². The molecule has 274 valence electrons. The normalized spacial score (nSPS) is 15.4. The van der Waals surface area contributed by atoms with Crippen LogP contribution in [0.5, 0.6) is 11.5 Å². The molecule has 1 nitrogen and oxygen atoms in total. The lowest BCUT2D eigenvalue weighted by molar-refractivity contribution is 0.487. The van der Waals surface area contributed by atoms with Crippen LogP contribution in [-0.2, 0) is 0 Å². The van der Waals surface area contributed by atoms with Gasteiger partial charge in [0, 0.05) is 10.9 Å². The molecular weight excluding hydrogens is 713 g/mol. The van der Waals surface area contributed by atoms with Crippen molar-refractivity contribution in [1.82, 2.24) is 0 Å². The summed E-state index contributed by atoms with van der Waals surface area (Å²) in [5.41, 5.74) is 5.43. The number of ether oxygens (including phenoxy) is 1. The van der Waals surface area contributed by atoms with E-state index in [4.69, 9.17) is 19.8 Å². The van der Waals surface area contributed by atoms with Gasteiger partial charge in [-0.15, -0.1) is 0 Å². The van der Waals surface area contributed by atoms with E-state index in [0.29, 0.717) is 72.0 Å². The zero-order valence-corrected chi connectivity index (χ0v) is 31.0. The largest absolute Gasteiger partial charge is 0.456 e. The number of fused-ring (bicyclic) bond motifs is 6. The highest BCUT2D eigenvalue weighted by Gasteiger charge is 2.24. The van der Waals surface area contributed by atoms with E-state index in [1.807, 2.05) is 109 Å². The van der Waals surface area contributed by atoms with Gasteiger partial charge < -0.3 is 4.74 Å². The SMILES string of the molecule is [2H]c1c([2H])c([2H])c(-c2cc(-c3ccc4c5c(cccc35)-c3ccc(-c5c([2H])c([2H])c([2H])c([2H])c5[2H])cc3O4)cc(-c3c4ccccc4c(-c4c([2H])c([2H])c([2H])c([2H])c4[2H])c4c3ccc3ccccc34)c2)c([2H])c1[2H]. The predicted octanol–water partition coefficient (Wildman–Crippen LogP) is 16.4. The van der Waals surface area contributed by atoms with E-state index in [2.05, 4.69) is 0 Å². The lowest BCUT2D eigenvalue weighted by Crippen LogP contribution is -1.98. The van der Waals surface area contributed by atoms with Crippen LogP contribution in [0.25, 0.3) is 110 Å². The van der Waals surface area contributed by atoms with Gasteiger partial charge in [-0.3, -0.25) is 0 Å². The Morgan fingerprint density at radius 3 is 1.68 bits per heavy atom. The van der Waals surface area contributed by atoms with Crippen molar-refractivity contribution < 1.29 is 25.3 Å². The third-order valence-electron chi connectivity index (χ3n) is 11.3. The maximum absolute atomic E-state index is 9.23. The standard InChI is InChI=1S/C58H36O/c1-4-15-37(16-5-1)41-28-29-47-49-26-14-25-48-45(31-32-53(57(48)49)59-54(47)36-41)43-33-42(38-17-6-2-7-18-38)34-44(35-43)55-50-23-12-13-24-51(50)56(40-20-8-3-9-21-40)58-46-22-11-10-19-39(46)27-30-52(55)58/h1-36H/i1D,2D,3D,4D,5D,6D,7D,8D,9D,15D,16D,17D,18D,20D,21D. The molecule has 59 heavy (non-hydrogen) atoms. The Bertz CT molecular complexity index is 4270. The third-order valence-corrected chi connectivity index (χ3v) is 11.3. The van der Waals surface area contributed by atoms with Gasteiger partial charge in [0.1, 0.15) is 11.5 Å². The van der Waals surface area contributed by atoms with Crippen molar-refractivity contribution in [2.75, 3.05) is 0 Å². The highest BCUT2D eigenvalue weighted by molar-refractivity contribution is 6.28. The van der Waals surface area contributed by atoms with Crippen LogP contribution in [0.3, 0.4) is 0 Å². The molecule has 0 saturated carbocycles. The van der Waals surface area contributed by atoms with Gasteiger partial charge in [0.05, 0.1) is 20.6 Å². The van der Waals surface area contributed by atoms with Crippen LogP contribution in [0.15, 0.2) is 218 Å². The van der Waals surface area contributed by atoms with E-state index in [0.717, 1.165) is 32.7 Å². The quantitative estimate of drug-likeness (QED) is 0.125. The highest BCUT2D eigenvalue weighted by atomic mass is 16.5. The first-order chi connectivity index (χ1) is 35.5. The van der Waals surface area contributed by atoms with Crippen molar-refractivity contribution in [1.29, 1.82) is 0 Å². The van der Waals surface area contributed by atoms with Crippen molar-refractivity contribution in [3.05, 3.63) is 218 Å². The van der Waals surface area contributed by atoms with Crippen molar-refractivity contribution in [3.63, 3.8) is 0 Å². The molecule has 0 N–H and O–H groups in total. The van der Waals surface area contributed by atoms with Crippen molar-refractivity contribution in [3.8, 4) is 78.3 Å². The molecule has 0 bridgehead atoms. The highest BCUT2D eigenvalue weighted by Crippen LogP contribution is 2.51. The number of hydrogen-bond acceptors (Lipinski definition) is 1. The minimum Gasteiger partial charge on any atom is -0.456 e. The van der Waals surface area contributed by atoms with E-state index in [-0.39, 0.29) is 52.9 Å². The fourth-order valence-corrected chi connectivity index (χ4v) is 8.79. The fraction of sp³-hybridized carbons (Fsp3) is 0. The second-order valence-electron chi connectivity index (χ2n) is 14.5. The van der Waals surface area contributed by atoms with Crippen LogP contribution < -0.4 is 4.74 Å². The molecule has 0 aliphatic carbocycles. The van der Waals surface area contributed by atoms with Gasteiger partial charge in [-0.25, -0.2) is 0 Å². The van der Waals surface area contributed by atoms with Gasteiger partial charge in [-0.1, -0.05) is 182 Å². The van der Waals surface area contributed by atoms with E-state index in [1.54, 1.807) is 18.2 Å². The molecule has 1 aliphatic heterocycles. The van der Waals surface area contributed by atoms with Gasteiger partial charge in [0.15, 0.2) is 0 Å². The minimum absolute atomic E-state index is 0.0104. The molecule has 0 unspecified atom stereocenters. The number of rotatable bonds is 5. The zero-order chi connectivity index (χ0) is 51.9. The summed E-state index contributed by atoms with van der Waals surface area (Å²) < 4.78 is 137. The summed E-state index contributed by atoms with van der Waals surface area (Å²) in [4.78, 5) is 0. The van der Waals surface area contributed by atoms with Crippen LogP contribution in [0.1, 0.15) is 20.6 Å². The first-order valence-electron chi connectivity index (χ1n) is 26.6. The molecule has 0 radical (unpaired) electrons. The lowest BCUT2D eigenvalue weighted by atomic mass is 9.82. The van der Waals surface area contributed by atoms with Crippen molar-refractivity contribution in [2.24, 2.45) is 0 Å². The van der Waals surface area contributed by atoms with E-state index in [9.17, 15) is 5.48 Å². The Morgan fingerprint density at radius 2 is 0.915 bits per heavy atom. The molecule has 11 aromatic carbocycles. The van der Waals surface area contributed by atoms with E-state index < -0.39 is 54.4 Å². The molecular formula is C58H36O. The third kappa shape index (κ3) is 5.40. The van der Waals surface area contributed by atoms with Gasteiger partial charge in [-0.05, 0) is 135 Å². The van der Waals surface area contributed by atoms with Gasteiger partial charge in [0.25, 0.3) is 0 Å². The Kier molecular flexibility index (Phi) is 4.94. The molecule has 0 aromatic heterocycles. The van der Waals surface area contributed by atoms with Crippen molar-refractivity contribution >= 4 is 43.1 Å². The number of benzene rings is 11. The molecule has 12 rings (SSSR count). The molecule has 0 amide bonds. The summed E-state index contributed by atoms with van der Waals surface area (Å²) in [5.74, 6) is 0.921. The van der Waals surface area contributed by atoms with Crippen LogP contribution in [0.4, 0.5) is 0 Å². The average molecular weight is 764 g/mol. The molecule has 1 aliphatic rings. The van der Waals surface area contributed by atoms with Crippen LogP contribution in [0.2, 0.25) is 0 Å². The fourth-order valence-electron chi connectivity index (χ4n) is 8.79. The summed E-state index contributed by atoms with van der Waals surface area (Å²) in [5, 5.41) is 5.73. The summed E-state index contributed by atoms with van der Waals surface area (Å²) in [6.45, 7) is 0. The van der Waals surface area contributed by atoms with Crippen molar-refractivity contribution in [2.45, 2.75) is 0 Å². The topological polar surface area (TPSA) is 9.23 Å². The smallest absolute Gasteiger partial charge is 0.135 e. The maximum atomic E-state index is 9.23. The molecule has 0 fully saturated rings. The second kappa shape index (κ2) is 13.4. The summed E-state index contributed by atoms with van der Waals surface area (Å²) >= 11 is 0. The van der Waals surface area contributed by atoms with Crippen LogP contribution >= 0.6 is 0 Å². The summed E-state index contributed by atoms with van der Waals surface area (Å²) in [6.07, 6.45) is 0. The monoisotopic (exact) mass is 763 g/mol. The Labute approximate surface area is 364 Å². The lowest BCUT2D eigenvalue weighted by Gasteiger charge is -2.24. The predicted molar refractivity (Wildman–Crippen MR) is 249 cm³/mol. The molecule has 1 heterocycles. The zero-order valence-electron chi connectivity index (χ0n) is 46.0. The van der Waals surface area contributed by atoms with Crippen LogP contribution in [0, 0.1) is 0 Å². The Morgan fingerprint density at radius 1 is 0.305 bits per heavy atom. The molecule has 0 atom stereocenters. The number of hydrogen-bond donors (Lipinski definition) is 0. The summed E-state index contributed by atoms with van der Waals surface area (Å²) in [6, 6.07) is 33.0. The van der Waals surface area contributed by atoms with E-state index in [1.165, 1.54) is 0 Å². The Balaban J connectivity index is 1.16. The average Bonchev–Trinajstić information content (AvgIpc) is 3.41. The first-order valence-corrected chi connectivity index (χ1v) is 19.1. The molecule has 0 spiro atoms. The van der Waals surface area contributed by atoms with Gasteiger partial charge in [0.2, 0.25) is 0 Å². The van der Waals surface area contributed by atoms with Crippen LogP contribution in [-0.4, -0.2) is 0 Å². The first kappa shape index (κ1) is 21.7. The molecule has 11 aromatic rings. The van der Waals surface area contributed by atoms with E-state index >= 15 is 0 Å². The maximum Gasteiger partial charge on any atom is 0.135 e. The molecule has 1 heteroatoms. The van der Waals surface area contributed by atoms with Gasteiger partial charge >= 0.3 is 0 Å².